The van der Waals surface area contributed by atoms with Crippen molar-refractivity contribution in [3.63, 3.8) is 0 Å². The maximum atomic E-state index is 12.0. The van der Waals surface area contributed by atoms with Crippen LogP contribution in [0.4, 0.5) is 0 Å². The minimum Gasteiger partial charge on any atom is -0.484 e. The topological polar surface area (TPSA) is 46.6 Å². The standard InChI is InChI=1S/C15H18ClNO3/c1-11-2-4-13(5-3-11)20-10-14(18)17-8-6-12(7-9-17)15(16)19/h2-5,12H,6-10H2,1H3. The van der Waals surface area contributed by atoms with Crippen LogP contribution in [0.25, 0.3) is 0 Å². The van der Waals surface area contributed by atoms with Crippen molar-refractivity contribution in [2.45, 2.75) is 19.8 Å². The van der Waals surface area contributed by atoms with E-state index in [-0.39, 0.29) is 23.7 Å². The van der Waals surface area contributed by atoms with Crippen LogP contribution in [-0.2, 0) is 9.59 Å². The second-order valence-corrected chi connectivity index (χ2v) is 5.43. The number of amides is 1. The molecule has 1 fully saturated rings. The summed E-state index contributed by atoms with van der Waals surface area (Å²) in [7, 11) is 0. The van der Waals surface area contributed by atoms with Gasteiger partial charge in [-0.05, 0) is 43.5 Å². The van der Waals surface area contributed by atoms with Crippen LogP contribution < -0.4 is 4.74 Å². The summed E-state index contributed by atoms with van der Waals surface area (Å²) in [6, 6.07) is 7.58. The molecule has 1 saturated heterocycles. The summed E-state index contributed by atoms with van der Waals surface area (Å²) in [5.74, 6) is 0.527. The fourth-order valence-electron chi connectivity index (χ4n) is 2.23. The molecule has 1 aromatic carbocycles. The zero-order valence-electron chi connectivity index (χ0n) is 11.5. The number of halogens is 1. The van der Waals surface area contributed by atoms with Gasteiger partial charge in [0.1, 0.15) is 5.75 Å². The predicted molar refractivity (Wildman–Crippen MR) is 76.8 cm³/mol. The molecule has 1 aliphatic heterocycles. The average Bonchev–Trinajstić information content (AvgIpc) is 2.46. The molecule has 20 heavy (non-hydrogen) atoms. The van der Waals surface area contributed by atoms with Crippen molar-refractivity contribution < 1.29 is 14.3 Å². The van der Waals surface area contributed by atoms with Crippen LogP contribution in [0.2, 0.25) is 0 Å². The van der Waals surface area contributed by atoms with E-state index < -0.39 is 0 Å². The third kappa shape index (κ3) is 3.97. The fraction of sp³-hybridized carbons (Fsp3) is 0.467. The van der Waals surface area contributed by atoms with Crippen molar-refractivity contribution in [1.82, 2.24) is 4.90 Å². The van der Waals surface area contributed by atoms with Gasteiger partial charge >= 0.3 is 0 Å². The monoisotopic (exact) mass is 295 g/mol. The second kappa shape index (κ2) is 6.75. The quantitative estimate of drug-likeness (QED) is 0.801. The van der Waals surface area contributed by atoms with E-state index >= 15 is 0 Å². The van der Waals surface area contributed by atoms with Crippen LogP contribution in [0, 0.1) is 12.8 Å². The molecular weight excluding hydrogens is 278 g/mol. The summed E-state index contributed by atoms with van der Waals surface area (Å²) in [5.41, 5.74) is 1.15. The van der Waals surface area contributed by atoms with Gasteiger partial charge in [-0.25, -0.2) is 0 Å². The number of carbonyl (C=O) groups is 2. The minimum absolute atomic E-state index is 0.0303. The van der Waals surface area contributed by atoms with Crippen molar-refractivity contribution in [2.24, 2.45) is 5.92 Å². The molecule has 0 radical (unpaired) electrons. The number of carbonyl (C=O) groups excluding carboxylic acids is 2. The number of ether oxygens (including phenoxy) is 1. The zero-order chi connectivity index (χ0) is 14.5. The van der Waals surface area contributed by atoms with Gasteiger partial charge in [0.2, 0.25) is 5.24 Å². The highest BCUT2D eigenvalue weighted by Gasteiger charge is 2.26. The van der Waals surface area contributed by atoms with E-state index in [9.17, 15) is 9.59 Å². The van der Waals surface area contributed by atoms with Crippen molar-refractivity contribution in [3.8, 4) is 5.75 Å². The highest BCUT2D eigenvalue weighted by molar-refractivity contribution is 6.63. The van der Waals surface area contributed by atoms with Crippen LogP contribution in [0.15, 0.2) is 24.3 Å². The lowest BCUT2D eigenvalue weighted by Crippen LogP contribution is -2.41. The van der Waals surface area contributed by atoms with Crippen molar-refractivity contribution >= 4 is 22.8 Å². The van der Waals surface area contributed by atoms with Gasteiger partial charge in [-0.1, -0.05) is 17.7 Å². The molecule has 5 heteroatoms. The van der Waals surface area contributed by atoms with E-state index in [2.05, 4.69) is 0 Å². The number of aryl methyl sites for hydroxylation is 1. The normalized spacial score (nSPS) is 16.0. The third-order valence-corrected chi connectivity index (χ3v) is 3.86. The summed E-state index contributed by atoms with van der Waals surface area (Å²) < 4.78 is 5.47. The summed E-state index contributed by atoms with van der Waals surface area (Å²) >= 11 is 5.47. The van der Waals surface area contributed by atoms with Crippen molar-refractivity contribution in [2.75, 3.05) is 19.7 Å². The van der Waals surface area contributed by atoms with E-state index in [1.807, 2.05) is 31.2 Å². The molecule has 1 aromatic rings. The average molecular weight is 296 g/mol. The molecule has 0 saturated carbocycles. The molecule has 0 spiro atoms. The Morgan fingerprint density at radius 2 is 1.85 bits per heavy atom. The number of piperidine rings is 1. The Labute approximate surface area is 123 Å². The third-order valence-electron chi connectivity index (χ3n) is 3.55. The Morgan fingerprint density at radius 3 is 2.40 bits per heavy atom. The fourth-order valence-corrected chi connectivity index (χ4v) is 2.44. The molecule has 4 nitrogen and oxygen atoms in total. The van der Waals surface area contributed by atoms with Crippen molar-refractivity contribution in [1.29, 1.82) is 0 Å². The van der Waals surface area contributed by atoms with Crippen molar-refractivity contribution in [3.05, 3.63) is 29.8 Å². The lowest BCUT2D eigenvalue weighted by molar-refractivity contribution is -0.135. The lowest BCUT2D eigenvalue weighted by Gasteiger charge is -2.30. The van der Waals surface area contributed by atoms with Gasteiger partial charge < -0.3 is 9.64 Å². The smallest absolute Gasteiger partial charge is 0.260 e. The Morgan fingerprint density at radius 1 is 1.25 bits per heavy atom. The molecule has 2 rings (SSSR count). The number of rotatable bonds is 4. The van der Waals surface area contributed by atoms with Gasteiger partial charge in [0.25, 0.3) is 5.91 Å². The first kappa shape index (κ1) is 14.9. The maximum Gasteiger partial charge on any atom is 0.260 e. The molecule has 1 aliphatic rings. The molecule has 0 atom stereocenters. The minimum atomic E-state index is -0.298. The van der Waals surface area contributed by atoms with E-state index in [0.29, 0.717) is 31.7 Å². The first-order chi connectivity index (χ1) is 9.56. The van der Waals surface area contributed by atoms with E-state index in [4.69, 9.17) is 16.3 Å². The highest BCUT2D eigenvalue weighted by Crippen LogP contribution is 2.20. The molecule has 1 heterocycles. The van der Waals surface area contributed by atoms with Gasteiger partial charge in [0, 0.05) is 19.0 Å². The van der Waals surface area contributed by atoms with Crippen LogP contribution >= 0.6 is 11.6 Å². The number of benzene rings is 1. The largest absolute Gasteiger partial charge is 0.484 e. The molecule has 0 N–H and O–H groups in total. The summed E-state index contributed by atoms with van der Waals surface area (Å²) in [6.45, 7) is 3.16. The second-order valence-electron chi connectivity index (χ2n) is 5.06. The zero-order valence-corrected chi connectivity index (χ0v) is 12.2. The number of likely N-dealkylation sites (tertiary alicyclic amines) is 1. The summed E-state index contributed by atoms with van der Waals surface area (Å²) in [4.78, 5) is 24.8. The number of hydrogen-bond donors (Lipinski definition) is 0. The van der Waals surface area contributed by atoms with Gasteiger partial charge in [0.05, 0.1) is 0 Å². The van der Waals surface area contributed by atoms with Gasteiger partial charge in [-0.2, -0.15) is 0 Å². The maximum absolute atomic E-state index is 12.0. The van der Waals surface area contributed by atoms with E-state index in [1.165, 1.54) is 0 Å². The molecule has 0 bridgehead atoms. The molecular formula is C15H18ClNO3. The molecule has 0 aromatic heterocycles. The molecule has 0 aliphatic carbocycles. The SMILES string of the molecule is Cc1ccc(OCC(=O)N2CCC(C(=O)Cl)CC2)cc1. The van der Waals surface area contributed by atoms with Crippen LogP contribution in [0.5, 0.6) is 5.75 Å². The van der Waals surface area contributed by atoms with Crippen LogP contribution in [0.3, 0.4) is 0 Å². The van der Waals surface area contributed by atoms with Crippen LogP contribution in [0.1, 0.15) is 18.4 Å². The summed E-state index contributed by atoms with van der Waals surface area (Å²) in [6.07, 6.45) is 1.28. The van der Waals surface area contributed by atoms with Gasteiger partial charge in [-0.15, -0.1) is 0 Å². The Kier molecular flexibility index (Phi) is 5.01. The number of nitrogens with zero attached hydrogens (tertiary/aromatic N) is 1. The Bertz CT molecular complexity index is 478. The molecule has 108 valence electrons. The lowest BCUT2D eigenvalue weighted by atomic mass is 9.98. The molecule has 0 unspecified atom stereocenters. The first-order valence-corrected chi connectivity index (χ1v) is 7.10. The first-order valence-electron chi connectivity index (χ1n) is 6.73. The number of hydrogen-bond acceptors (Lipinski definition) is 3. The van der Waals surface area contributed by atoms with E-state index in [0.717, 1.165) is 5.56 Å². The van der Waals surface area contributed by atoms with Crippen LogP contribution in [-0.4, -0.2) is 35.7 Å². The Hall–Kier alpha value is -1.55. The van der Waals surface area contributed by atoms with Gasteiger partial charge in [0.15, 0.2) is 6.61 Å². The Balaban J connectivity index is 1.78. The summed E-state index contributed by atoms with van der Waals surface area (Å²) in [5, 5.41) is -0.298. The van der Waals surface area contributed by atoms with Gasteiger partial charge in [-0.3, -0.25) is 9.59 Å². The highest BCUT2D eigenvalue weighted by atomic mass is 35.5. The molecule has 1 amide bonds. The predicted octanol–water partition coefficient (Wildman–Crippen LogP) is 2.38. The van der Waals surface area contributed by atoms with E-state index in [1.54, 1.807) is 4.90 Å².